The van der Waals surface area contributed by atoms with E-state index in [4.69, 9.17) is 10.00 Å². The van der Waals surface area contributed by atoms with E-state index in [1.165, 1.54) is 0 Å². The van der Waals surface area contributed by atoms with Crippen LogP contribution in [0.25, 0.3) is 21.8 Å². The number of thiazole rings is 1. The van der Waals surface area contributed by atoms with E-state index in [1.807, 2.05) is 47.8 Å². The van der Waals surface area contributed by atoms with Gasteiger partial charge in [-0.2, -0.15) is 5.26 Å². The predicted octanol–water partition coefficient (Wildman–Crippen LogP) is 3.77. The highest BCUT2D eigenvalue weighted by Crippen LogP contribution is 2.29. The van der Waals surface area contributed by atoms with Crippen LogP contribution in [0.4, 0.5) is 0 Å². The first-order valence-corrected chi connectivity index (χ1v) is 7.21. The zero-order valence-corrected chi connectivity index (χ0v) is 11.9. The minimum absolute atomic E-state index is 0.0573. The molecule has 0 amide bonds. The van der Waals surface area contributed by atoms with E-state index in [-0.39, 0.29) is 6.61 Å². The molecule has 0 saturated heterocycles. The molecule has 0 atom stereocenters. The number of nitrogens with zero attached hydrogens (tertiary/aromatic N) is 3. The Kier molecular flexibility index (Phi) is 3.90. The maximum atomic E-state index is 8.48. The minimum atomic E-state index is 0.0573. The number of pyridine rings is 1. The van der Waals surface area contributed by atoms with Gasteiger partial charge in [-0.05, 0) is 36.4 Å². The average molecular weight is 293 g/mol. The molecular weight excluding hydrogens is 282 g/mol. The molecule has 0 spiro atoms. The summed E-state index contributed by atoms with van der Waals surface area (Å²) in [7, 11) is 0. The Balaban J connectivity index is 1.82. The van der Waals surface area contributed by atoms with Crippen LogP contribution in [0.5, 0.6) is 5.75 Å². The summed E-state index contributed by atoms with van der Waals surface area (Å²) in [5.41, 5.74) is 2.96. The molecule has 5 heteroatoms. The quantitative estimate of drug-likeness (QED) is 0.734. The van der Waals surface area contributed by atoms with E-state index < -0.39 is 0 Å². The third-order valence-electron chi connectivity index (χ3n) is 2.87. The fourth-order valence-corrected chi connectivity index (χ4v) is 2.70. The molecule has 1 aromatic carbocycles. The molecule has 2 aromatic heterocycles. The van der Waals surface area contributed by atoms with Gasteiger partial charge in [0.2, 0.25) is 0 Å². The Hall–Kier alpha value is -2.71. The number of aromatic nitrogens is 2. The summed E-state index contributed by atoms with van der Waals surface area (Å²) in [5.74, 6) is 0.685. The van der Waals surface area contributed by atoms with Crippen LogP contribution in [0, 0.1) is 11.3 Å². The van der Waals surface area contributed by atoms with Crippen LogP contribution >= 0.6 is 11.3 Å². The van der Waals surface area contributed by atoms with Crippen LogP contribution in [0.2, 0.25) is 0 Å². The van der Waals surface area contributed by atoms with Crippen LogP contribution in [-0.4, -0.2) is 16.6 Å². The van der Waals surface area contributed by atoms with Gasteiger partial charge in [-0.25, -0.2) is 4.98 Å². The topological polar surface area (TPSA) is 58.8 Å². The van der Waals surface area contributed by atoms with Gasteiger partial charge in [0.15, 0.2) is 6.61 Å². The second-order valence-corrected chi connectivity index (χ2v) is 5.11. The highest BCUT2D eigenvalue weighted by molar-refractivity contribution is 7.13. The normalized spacial score (nSPS) is 10.0. The first-order valence-electron chi connectivity index (χ1n) is 6.33. The smallest absolute Gasteiger partial charge is 0.174 e. The summed E-state index contributed by atoms with van der Waals surface area (Å²) < 4.78 is 5.23. The molecule has 0 radical (unpaired) electrons. The SMILES string of the molecule is N#CCOc1ccc(-c2nc(-c3cccnc3)cs2)cc1. The minimum Gasteiger partial charge on any atom is -0.479 e. The highest BCUT2D eigenvalue weighted by atomic mass is 32.1. The monoisotopic (exact) mass is 293 g/mol. The lowest BCUT2D eigenvalue weighted by molar-refractivity contribution is 0.368. The number of rotatable bonds is 4. The lowest BCUT2D eigenvalue weighted by Crippen LogP contribution is -1.92. The van der Waals surface area contributed by atoms with Crippen LogP contribution in [0.15, 0.2) is 54.2 Å². The molecule has 0 fully saturated rings. The second-order valence-electron chi connectivity index (χ2n) is 4.25. The molecule has 2 heterocycles. The molecule has 0 aliphatic heterocycles. The van der Waals surface area contributed by atoms with Crippen molar-refractivity contribution >= 4 is 11.3 Å². The van der Waals surface area contributed by atoms with Crippen molar-refractivity contribution in [3.05, 3.63) is 54.2 Å². The van der Waals surface area contributed by atoms with Gasteiger partial charge >= 0.3 is 0 Å². The maximum Gasteiger partial charge on any atom is 0.174 e. The lowest BCUT2D eigenvalue weighted by Gasteiger charge is -2.02. The van der Waals surface area contributed by atoms with Crippen molar-refractivity contribution in [2.24, 2.45) is 0 Å². The van der Waals surface area contributed by atoms with Crippen molar-refractivity contribution in [1.29, 1.82) is 5.26 Å². The van der Waals surface area contributed by atoms with E-state index in [9.17, 15) is 0 Å². The van der Waals surface area contributed by atoms with Crippen LogP contribution in [0.1, 0.15) is 0 Å². The van der Waals surface area contributed by atoms with E-state index in [1.54, 1.807) is 23.7 Å². The Labute approximate surface area is 126 Å². The standard InChI is InChI=1S/C16H11N3OS/c17-7-9-20-14-5-3-12(4-6-14)16-19-15(11-21-16)13-2-1-8-18-10-13/h1-6,8,10-11H,9H2. The Morgan fingerprint density at radius 2 is 2.00 bits per heavy atom. The lowest BCUT2D eigenvalue weighted by atomic mass is 10.2. The zero-order chi connectivity index (χ0) is 14.5. The van der Waals surface area contributed by atoms with E-state index in [0.29, 0.717) is 5.75 Å². The third-order valence-corrected chi connectivity index (χ3v) is 3.76. The van der Waals surface area contributed by atoms with Crippen LogP contribution in [-0.2, 0) is 0 Å². The zero-order valence-electron chi connectivity index (χ0n) is 11.1. The summed E-state index contributed by atoms with van der Waals surface area (Å²) >= 11 is 1.59. The highest BCUT2D eigenvalue weighted by Gasteiger charge is 2.06. The molecule has 102 valence electrons. The predicted molar refractivity (Wildman–Crippen MR) is 81.9 cm³/mol. The molecule has 0 bridgehead atoms. The maximum absolute atomic E-state index is 8.48. The third kappa shape index (κ3) is 3.07. The number of nitriles is 1. The van der Waals surface area contributed by atoms with Gasteiger partial charge in [0.1, 0.15) is 16.8 Å². The number of hydrogen-bond acceptors (Lipinski definition) is 5. The van der Waals surface area contributed by atoms with Gasteiger partial charge in [-0.1, -0.05) is 0 Å². The fraction of sp³-hybridized carbons (Fsp3) is 0.0625. The molecule has 3 aromatic rings. The van der Waals surface area contributed by atoms with Gasteiger partial charge in [0, 0.05) is 28.9 Å². The van der Waals surface area contributed by atoms with E-state index in [2.05, 4.69) is 9.97 Å². The van der Waals surface area contributed by atoms with Gasteiger partial charge in [-0.3, -0.25) is 4.98 Å². The van der Waals surface area contributed by atoms with Gasteiger partial charge in [0.05, 0.1) is 5.69 Å². The molecule has 0 aliphatic rings. The molecule has 21 heavy (non-hydrogen) atoms. The first kappa shape index (κ1) is 13.3. The summed E-state index contributed by atoms with van der Waals surface area (Å²) in [6.45, 7) is 0.0573. The summed E-state index contributed by atoms with van der Waals surface area (Å²) in [6.07, 6.45) is 3.55. The van der Waals surface area contributed by atoms with Gasteiger partial charge in [0.25, 0.3) is 0 Å². The summed E-state index contributed by atoms with van der Waals surface area (Å²) in [4.78, 5) is 8.73. The average Bonchev–Trinajstić information content (AvgIpc) is 3.04. The molecule has 0 N–H and O–H groups in total. The van der Waals surface area contributed by atoms with Crippen molar-refractivity contribution in [2.45, 2.75) is 0 Å². The number of hydrogen-bond donors (Lipinski definition) is 0. The summed E-state index contributed by atoms with van der Waals surface area (Å²) in [5, 5.41) is 11.4. The Morgan fingerprint density at radius 3 is 2.71 bits per heavy atom. The molecule has 0 saturated carbocycles. The first-order chi connectivity index (χ1) is 10.4. The Bertz CT molecular complexity index is 760. The van der Waals surface area contributed by atoms with Crippen molar-refractivity contribution in [2.75, 3.05) is 6.61 Å². The van der Waals surface area contributed by atoms with Crippen LogP contribution in [0.3, 0.4) is 0 Å². The molecular formula is C16H11N3OS. The van der Waals surface area contributed by atoms with Crippen molar-refractivity contribution < 1.29 is 4.74 Å². The number of ether oxygens (including phenoxy) is 1. The van der Waals surface area contributed by atoms with Crippen molar-refractivity contribution in [3.8, 4) is 33.6 Å². The Morgan fingerprint density at radius 1 is 1.14 bits per heavy atom. The summed E-state index contributed by atoms with van der Waals surface area (Å²) in [6, 6.07) is 13.4. The largest absolute Gasteiger partial charge is 0.479 e. The van der Waals surface area contributed by atoms with Gasteiger partial charge in [-0.15, -0.1) is 11.3 Å². The van der Waals surface area contributed by atoms with Crippen molar-refractivity contribution in [1.82, 2.24) is 9.97 Å². The number of benzene rings is 1. The van der Waals surface area contributed by atoms with Crippen LogP contribution < -0.4 is 4.74 Å². The van der Waals surface area contributed by atoms with Crippen molar-refractivity contribution in [3.63, 3.8) is 0 Å². The van der Waals surface area contributed by atoms with E-state index in [0.717, 1.165) is 21.8 Å². The molecule has 0 aliphatic carbocycles. The molecule has 3 rings (SSSR count). The fourth-order valence-electron chi connectivity index (χ4n) is 1.86. The molecule has 4 nitrogen and oxygen atoms in total. The van der Waals surface area contributed by atoms with E-state index >= 15 is 0 Å². The second kappa shape index (κ2) is 6.16. The molecule has 0 unspecified atom stereocenters. The van der Waals surface area contributed by atoms with Gasteiger partial charge < -0.3 is 4.74 Å².